The molecule has 0 saturated heterocycles. The second kappa shape index (κ2) is 3.92. The summed E-state index contributed by atoms with van der Waals surface area (Å²) in [6.45, 7) is 0.844. The molecule has 5 heteroatoms. The van der Waals surface area contributed by atoms with Crippen LogP contribution in [0, 0.1) is 0 Å². The molecule has 3 heterocycles. The standard InChI is InChI=1S/C11H12N5/c1-2-4-12-8-16-7-9(3-1)15-10-11(16)14-6-5-13-10/h2,4-6,8-9H,1,3,7H2/q-1/b4-2-,12-8?. The molecule has 16 heavy (non-hydrogen) atoms. The molecule has 2 aliphatic heterocycles. The lowest BCUT2D eigenvalue weighted by atomic mass is 10.1. The summed E-state index contributed by atoms with van der Waals surface area (Å²) in [4.78, 5) is 14.8. The molecule has 1 aromatic rings. The number of allylic oxidation sites excluding steroid dienone is 1. The Kier molecular flexibility index (Phi) is 2.29. The molecular weight excluding hydrogens is 202 g/mol. The van der Waals surface area contributed by atoms with Gasteiger partial charge >= 0.3 is 0 Å². The number of aromatic nitrogens is 2. The number of rotatable bonds is 0. The third kappa shape index (κ3) is 1.64. The first-order chi connectivity index (χ1) is 7.93. The Morgan fingerprint density at radius 1 is 1.31 bits per heavy atom. The largest absolute Gasteiger partial charge is 0.457 e. The van der Waals surface area contributed by atoms with Gasteiger partial charge in [-0.25, -0.2) is 9.98 Å². The molecular formula is C11H12N5-. The SMILES string of the molecule is C1=N/C=C\CCC2CN1c1nccnc1[N-]2. The zero-order valence-electron chi connectivity index (χ0n) is 8.82. The second-order valence-electron chi connectivity index (χ2n) is 3.87. The molecule has 1 aromatic heterocycles. The summed E-state index contributed by atoms with van der Waals surface area (Å²) < 4.78 is 0. The van der Waals surface area contributed by atoms with Gasteiger partial charge in [-0.1, -0.05) is 12.3 Å². The van der Waals surface area contributed by atoms with Crippen LogP contribution in [0.3, 0.4) is 0 Å². The fourth-order valence-corrected chi connectivity index (χ4v) is 1.94. The zero-order valence-corrected chi connectivity index (χ0v) is 8.82. The second-order valence-corrected chi connectivity index (χ2v) is 3.87. The van der Waals surface area contributed by atoms with Gasteiger partial charge in [0.1, 0.15) is 5.82 Å². The molecule has 2 aliphatic rings. The van der Waals surface area contributed by atoms with Gasteiger partial charge in [-0.05, 0) is 24.7 Å². The predicted octanol–water partition coefficient (Wildman–Crippen LogP) is 2.01. The fraction of sp³-hybridized carbons (Fsp3) is 0.364. The van der Waals surface area contributed by atoms with Crippen LogP contribution in [0.2, 0.25) is 0 Å². The predicted molar refractivity (Wildman–Crippen MR) is 63.1 cm³/mol. The van der Waals surface area contributed by atoms with Crippen LogP contribution in [0.25, 0.3) is 5.32 Å². The Balaban J connectivity index is 2.01. The van der Waals surface area contributed by atoms with Crippen molar-refractivity contribution in [1.82, 2.24) is 9.97 Å². The highest BCUT2D eigenvalue weighted by atomic mass is 15.3. The molecule has 0 spiro atoms. The summed E-state index contributed by atoms with van der Waals surface area (Å²) in [5.41, 5.74) is 0. The van der Waals surface area contributed by atoms with Crippen molar-refractivity contribution in [2.75, 3.05) is 11.4 Å². The van der Waals surface area contributed by atoms with Crippen molar-refractivity contribution in [3.8, 4) is 0 Å². The first-order valence-electron chi connectivity index (χ1n) is 5.40. The average Bonchev–Trinajstić information content (AvgIpc) is 2.41. The van der Waals surface area contributed by atoms with Crippen LogP contribution in [-0.2, 0) is 0 Å². The van der Waals surface area contributed by atoms with E-state index in [9.17, 15) is 0 Å². The Bertz CT molecular complexity index is 440. The van der Waals surface area contributed by atoms with Gasteiger partial charge in [0, 0.05) is 18.9 Å². The minimum atomic E-state index is 0.290. The maximum absolute atomic E-state index is 4.60. The Labute approximate surface area is 93.9 Å². The van der Waals surface area contributed by atoms with Crippen LogP contribution in [0.15, 0.2) is 29.7 Å². The Morgan fingerprint density at radius 3 is 3.25 bits per heavy atom. The Hall–Kier alpha value is -1.91. The molecule has 1 unspecified atom stereocenters. The van der Waals surface area contributed by atoms with Crippen LogP contribution in [0.4, 0.5) is 11.6 Å². The van der Waals surface area contributed by atoms with Crippen LogP contribution in [0.5, 0.6) is 0 Å². The third-order valence-corrected chi connectivity index (χ3v) is 2.71. The van der Waals surface area contributed by atoms with Gasteiger partial charge in [0.2, 0.25) is 0 Å². The molecule has 0 fully saturated rings. The van der Waals surface area contributed by atoms with Gasteiger partial charge in [0.15, 0.2) is 0 Å². The average molecular weight is 214 g/mol. The van der Waals surface area contributed by atoms with Gasteiger partial charge in [0.25, 0.3) is 0 Å². The highest BCUT2D eigenvalue weighted by Gasteiger charge is 2.18. The van der Waals surface area contributed by atoms with Crippen LogP contribution in [0.1, 0.15) is 12.8 Å². The first-order valence-corrected chi connectivity index (χ1v) is 5.40. The molecule has 0 saturated carbocycles. The van der Waals surface area contributed by atoms with Gasteiger partial charge in [-0.2, -0.15) is 0 Å². The maximum Gasteiger partial charge on any atom is 0.132 e. The third-order valence-electron chi connectivity index (χ3n) is 2.71. The van der Waals surface area contributed by atoms with E-state index in [-0.39, 0.29) is 0 Å². The van der Waals surface area contributed by atoms with Crippen LogP contribution in [-0.4, -0.2) is 28.9 Å². The smallest absolute Gasteiger partial charge is 0.132 e. The summed E-state index contributed by atoms with van der Waals surface area (Å²) in [7, 11) is 0. The lowest BCUT2D eigenvalue weighted by Gasteiger charge is -2.38. The van der Waals surface area contributed by atoms with Crippen molar-refractivity contribution in [2.45, 2.75) is 18.9 Å². The monoisotopic (exact) mass is 214 g/mol. The molecule has 0 N–H and O–H groups in total. The van der Waals surface area contributed by atoms with Gasteiger partial charge < -0.3 is 15.2 Å². The van der Waals surface area contributed by atoms with E-state index < -0.39 is 0 Å². The van der Waals surface area contributed by atoms with E-state index in [2.05, 4.69) is 26.4 Å². The molecule has 0 amide bonds. The van der Waals surface area contributed by atoms with Crippen molar-refractivity contribution in [3.63, 3.8) is 0 Å². The van der Waals surface area contributed by atoms with E-state index in [1.165, 1.54) is 0 Å². The normalized spacial score (nSPS) is 24.8. The highest BCUT2D eigenvalue weighted by Crippen LogP contribution is 2.35. The molecule has 5 nitrogen and oxygen atoms in total. The lowest BCUT2D eigenvalue weighted by molar-refractivity contribution is 0.673. The summed E-state index contributed by atoms with van der Waals surface area (Å²) >= 11 is 0. The van der Waals surface area contributed by atoms with Crippen molar-refractivity contribution in [1.29, 1.82) is 0 Å². The molecule has 0 radical (unpaired) electrons. The molecule has 82 valence electrons. The van der Waals surface area contributed by atoms with Crippen LogP contribution >= 0.6 is 0 Å². The lowest BCUT2D eigenvalue weighted by Crippen LogP contribution is -2.34. The molecule has 2 bridgehead atoms. The Morgan fingerprint density at radius 2 is 2.25 bits per heavy atom. The number of fused-ring (bicyclic) bond motifs is 4. The van der Waals surface area contributed by atoms with Crippen molar-refractivity contribution < 1.29 is 0 Å². The number of hydrogen-bond acceptors (Lipinski definition) is 4. The van der Waals surface area contributed by atoms with Crippen molar-refractivity contribution >= 4 is 18.0 Å². The van der Waals surface area contributed by atoms with E-state index in [0.717, 1.165) is 31.0 Å². The number of nitrogens with zero attached hydrogens (tertiary/aromatic N) is 5. The molecule has 1 atom stereocenters. The maximum atomic E-state index is 4.60. The summed E-state index contributed by atoms with van der Waals surface area (Å²) in [5.74, 6) is 1.53. The van der Waals surface area contributed by atoms with Gasteiger partial charge in [0.05, 0.1) is 6.34 Å². The number of anilines is 1. The topological polar surface area (TPSA) is 55.5 Å². The van der Waals surface area contributed by atoms with Crippen molar-refractivity contribution in [2.24, 2.45) is 4.99 Å². The zero-order chi connectivity index (χ0) is 10.8. The highest BCUT2D eigenvalue weighted by molar-refractivity contribution is 5.85. The van der Waals surface area contributed by atoms with E-state index in [1.807, 2.05) is 11.1 Å². The van der Waals surface area contributed by atoms with Crippen molar-refractivity contribution in [3.05, 3.63) is 30.0 Å². The minimum Gasteiger partial charge on any atom is -0.457 e. The van der Waals surface area contributed by atoms with E-state index in [4.69, 9.17) is 0 Å². The molecule has 3 rings (SSSR count). The van der Waals surface area contributed by atoms with E-state index in [0.29, 0.717) is 6.04 Å². The number of hydrogen-bond donors (Lipinski definition) is 0. The van der Waals surface area contributed by atoms with E-state index in [1.54, 1.807) is 18.7 Å². The van der Waals surface area contributed by atoms with Gasteiger partial charge in [-0.15, -0.1) is 0 Å². The minimum absolute atomic E-state index is 0.290. The van der Waals surface area contributed by atoms with Crippen LogP contribution < -0.4 is 4.90 Å². The quantitative estimate of drug-likeness (QED) is 0.663. The summed E-state index contributed by atoms with van der Waals surface area (Å²) in [6.07, 6.45) is 11.1. The number of aliphatic imine (C=N–C) groups is 1. The molecule has 0 aromatic carbocycles. The fourth-order valence-electron chi connectivity index (χ4n) is 1.94. The van der Waals surface area contributed by atoms with Gasteiger partial charge in [-0.3, -0.25) is 0 Å². The molecule has 0 aliphatic carbocycles. The van der Waals surface area contributed by atoms with E-state index >= 15 is 0 Å². The summed E-state index contributed by atoms with van der Waals surface area (Å²) in [6, 6.07) is 0.290. The summed E-state index contributed by atoms with van der Waals surface area (Å²) in [5, 5.41) is 4.60. The first kappa shape index (κ1) is 9.33.